The molecular weight excluding hydrogens is 409 g/mol. The molecule has 1 aromatic carbocycles. The van der Waals surface area contributed by atoms with Gasteiger partial charge in [0.1, 0.15) is 5.82 Å². The van der Waals surface area contributed by atoms with Crippen molar-refractivity contribution in [2.24, 2.45) is 0 Å². The van der Waals surface area contributed by atoms with Crippen molar-refractivity contribution in [3.63, 3.8) is 0 Å². The first-order valence-corrected chi connectivity index (χ1v) is 9.26. The average molecular weight is 423 g/mol. The number of benzene rings is 1. The SMILES string of the molecule is O=C(Cc1ccc(F)c(Cl)c1)N1CCn2ncc(-c3cc(Cl)c(F)cn3)c2C1. The van der Waals surface area contributed by atoms with E-state index in [4.69, 9.17) is 23.2 Å². The van der Waals surface area contributed by atoms with Gasteiger partial charge in [-0.25, -0.2) is 8.78 Å². The Morgan fingerprint density at radius 1 is 1.07 bits per heavy atom. The molecule has 1 amide bonds. The predicted octanol–water partition coefficient (Wildman–Crippen LogP) is 4.12. The molecule has 0 aliphatic carbocycles. The lowest BCUT2D eigenvalue weighted by atomic mass is 10.1. The van der Waals surface area contributed by atoms with E-state index in [0.29, 0.717) is 36.5 Å². The molecule has 5 nitrogen and oxygen atoms in total. The maximum atomic E-state index is 13.4. The fraction of sp³-hybridized carbons (Fsp3) is 0.211. The lowest BCUT2D eigenvalue weighted by molar-refractivity contribution is -0.131. The molecule has 28 heavy (non-hydrogen) atoms. The molecule has 0 N–H and O–H groups in total. The fourth-order valence-electron chi connectivity index (χ4n) is 3.17. The van der Waals surface area contributed by atoms with Crippen LogP contribution in [0.3, 0.4) is 0 Å². The summed E-state index contributed by atoms with van der Waals surface area (Å²) < 4.78 is 28.5. The second-order valence-corrected chi connectivity index (χ2v) is 7.27. The summed E-state index contributed by atoms with van der Waals surface area (Å²) in [5.74, 6) is -1.22. The summed E-state index contributed by atoms with van der Waals surface area (Å²) >= 11 is 11.7. The highest BCUT2D eigenvalue weighted by atomic mass is 35.5. The minimum absolute atomic E-state index is 0.0106. The fourth-order valence-corrected chi connectivity index (χ4v) is 3.53. The average Bonchev–Trinajstić information content (AvgIpc) is 3.10. The summed E-state index contributed by atoms with van der Waals surface area (Å²) in [6, 6.07) is 5.69. The Labute approximate surface area is 169 Å². The van der Waals surface area contributed by atoms with Crippen molar-refractivity contribution in [3.05, 3.63) is 69.6 Å². The first kappa shape index (κ1) is 18.8. The molecule has 4 rings (SSSR count). The number of fused-ring (bicyclic) bond motifs is 1. The molecule has 0 fully saturated rings. The van der Waals surface area contributed by atoms with Crippen molar-refractivity contribution in [2.45, 2.75) is 19.5 Å². The summed E-state index contributed by atoms with van der Waals surface area (Å²) in [6.45, 7) is 1.36. The van der Waals surface area contributed by atoms with Crippen molar-refractivity contribution < 1.29 is 13.6 Å². The molecular formula is C19H14Cl2F2N4O. The molecule has 0 saturated heterocycles. The van der Waals surface area contributed by atoms with Crippen molar-refractivity contribution in [3.8, 4) is 11.3 Å². The van der Waals surface area contributed by atoms with Gasteiger partial charge in [-0.1, -0.05) is 29.3 Å². The third-order valence-corrected chi connectivity index (χ3v) is 5.23. The highest BCUT2D eigenvalue weighted by Gasteiger charge is 2.25. The molecule has 0 bridgehead atoms. The van der Waals surface area contributed by atoms with Crippen LogP contribution in [0.25, 0.3) is 11.3 Å². The Kier molecular flexibility index (Phi) is 5.03. The molecule has 0 spiro atoms. The number of aromatic nitrogens is 3. The molecule has 9 heteroatoms. The Morgan fingerprint density at radius 2 is 1.86 bits per heavy atom. The van der Waals surface area contributed by atoms with Crippen LogP contribution < -0.4 is 0 Å². The molecule has 1 aliphatic rings. The smallest absolute Gasteiger partial charge is 0.227 e. The van der Waals surface area contributed by atoms with Crippen LogP contribution in [0.5, 0.6) is 0 Å². The number of hydrogen-bond acceptors (Lipinski definition) is 3. The van der Waals surface area contributed by atoms with E-state index in [1.807, 2.05) is 0 Å². The summed E-state index contributed by atoms with van der Waals surface area (Å²) in [7, 11) is 0. The maximum Gasteiger partial charge on any atom is 0.227 e. The van der Waals surface area contributed by atoms with E-state index in [1.165, 1.54) is 18.2 Å². The largest absolute Gasteiger partial charge is 0.335 e. The quantitative estimate of drug-likeness (QED) is 0.637. The zero-order valence-electron chi connectivity index (χ0n) is 14.5. The van der Waals surface area contributed by atoms with Crippen LogP contribution in [-0.4, -0.2) is 32.1 Å². The van der Waals surface area contributed by atoms with Crippen LogP contribution in [-0.2, 0) is 24.3 Å². The van der Waals surface area contributed by atoms with Gasteiger partial charge in [0.2, 0.25) is 5.91 Å². The molecule has 0 atom stereocenters. The summed E-state index contributed by atoms with van der Waals surface area (Å²) in [6.07, 6.45) is 2.81. The predicted molar refractivity (Wildman–Crippen MR) is 101 cm³/mol. The van der Waals surface area contributed by atoms with Gasteiger partial charge in [0.25, 0.3) is 0 Å². The number of pyridine rings is 1. The first-order valence-electron chi connectivity index (χ1n) is 8.50. The maximum absolute atomic E-state index is 13.4. The Morgan fingerprint density at radius 3 is 2.61 bits per heavy atom. The second kappa shape index (κ2) is 7.48. The van der Waals surface area contributed by atoms with Gasteiger partial charge < -0.3 is 4.90 Å². The van der Waals surface area contributed by atoms with Crippen LogP contribution in [0.1, 0.15) is 11.3 Å². The molecule has 3 aromatic rings. The number of carbonyl (C=O) groups is 1. The number of rotatable bonds is 3. The summed E-state index contributed by atoms with van der Waals surface area (Å²) in [4.78, 5) is 18.5. The zero-order chi connectivity index (χ0) is 19.8. The number of hydrogen-bond donors (Lipinski definition) is 0. The van der Waals surface area contributed by atoms with Crippen LogP contribution in [0.2, 0.25) is 10.0 Å². The summed E-state index contributed by atoms with van der Waals surface area (Å²) in [5.41, 5.74) is 2.63. The Bertz CT molecular complexity index is 1070. The number of amides is 1. The van der Waals surface area contributed by atoms with E-state index in [-0.39, 0.29) is 22.4 Å². The Hall–Kier alpha value is -2.51. The van der Waals surface area contributed by atoms with Gasteiger partial charge in [-0.05, 0) is 23.8 Å². The van der Waals surface area contributed by atoms with Gasteiger partial charge in [0.15, 0.2) is 5.82 Å². The van der Waals surface area contributed by atoms with Crippen LogP contribution in [0.4, 0.5) is 8.78 Å². The van der Waals surface area contributed by atoms with Gasteiger partial charge in [-0.3, -0.25) is 14.5 Å². The monoisotopic (exact) mass is 422 g/mol. The minimum atomic E-state index is -0.596. The molecule has 2 aromatic heterocycles. The molecule has 0 unspecified atom stereocenters. The van der Waals surface area contributed by atoms with Gasteiger partial charge in [-0.15, -0.1) is 0 Å². The molecule has 0 saturated carbocycles. The highest BCUT2D eigenvalue weighted by molar-refractivity contribution is 6.31. The molecule has 0 radical (unpaired) electrons. The molecule has 144 valence electrons. The van der Waals surface area contributed by atoms with Crippen LogP contribution in [0, 0.1) is 11.6 Å². The van der Waals surface area contributed by atoms with Crippen molar-refractivity contribution in [1.82, 2.24) is 19.7 Å². The van der Waals surface area contributed by atoms with E-state index in [2.05, 4.69) is 10.1 Å². The van der Waals surface area contributed by atoms with Gasteiger partial charge in [0, 0.05) is 12.1 Å². The number of nitrogens with zero attached hydrogens (tertiary/aromatic N) is 4. The van der Waals surface area contributed by atoms with E-state index < -0.39 is 11.6 Å². The third kappa shape index (κ3) is 3.59. The van der Waals surface area contributed by atoms with Crippen molar-refractivity contribution >= 4 is 29.1 Å². The summed E-state index contributed by atoms with van der Waals surface area (Å²) in [5, 5.41) is 4.29. The van der Waals surface area contributed by atoms with Crippen LogP contribution >= 0.6 is 23.2 Å². The normalized spacial score (nSPS) is 13.5. The lowest BCUT2D eigenvalue weighted by Crippen LogP contribution is -2.39. The van der Waals surface area contributed by atoms with Gasteiger partial charge in [-0.2, -0.15) is 5.10 Å². The number of carbonyl (C=O) groups excluding carboxylic acids is 1. The molecule has 1 aliphatic heterocycles. The van der Waals surface area contributed by atoms with Crippen molar-refractivity contribution in [2.75, 3.05) is 6.54 Å². The van der Waals surface area contributed by atoms with E-state index in [9.17, 15) is 13.6 Å². The van der Waals surface area contributed by atoms with Crippen LogP contribution in [0.15, 0.2) is 36.7 Å². The first-order chi connectivity index (χ1) is 13.4. The standard InChI is InChI=1S/C19H14Cl2F2N4O/c20-13-5-11(1-2-15(13)22)6-19(28)26-3-4-27-18(10-26)12(8-25-27)17-7-14(21)16(23)9-24-17/h1-2,5,7-9H,3-4,6,10H2. The third-order valence-electron chi connectivity index (χ3n) is 4.65. The highest BCUT2D eigenvalue weighted by Crippen LogP contribution is 2.28. The van der Waals surface area contributed by atoms with E-state index in [0.717, 1.165) is 11.9 Å². The minimum Gasteiger partial charge on any atom is -0.335 e. The number of halogens is 4. The molecule has 3 heterocycles. The van der Waals surface area contributed by atoms with E-state index >= 15 is 0 Å². The van der Waals surface area contributed by atoms with Crippen molar-refractivity contribution in [1.29, 1.82) is 0 Å². The van der Waals surface area contributed by atoms with Gasteiger partial charge >= 0.3 is 0 Å². The Balaban J connectivity index is 1.55. The topological polar surface area (TPSA) is 51.0 Å². The zero-order valence-corrected chi connectivity index (χ0v) is 16.0. The lowest BCUT2D eigenvalue weighted by Gasteiger charge is -2.28. The van der Waals surface area contributed by atoms with Gasteiger partial charge in [0.05, 0.1) is 53.3 Å². The van der Waals surface area contributed by atoms with E-state index in [1.54, 1.807) is 21.8 Å². The second-order valence-electron chi connectivity index (χ2n) is 6.45.